The van der Waals surface area contributed by atoms with Crippen LogP contribution in [0.4, 0.5) is 11.4 Å². The van der Waals surface area contributed by atoms with Crippen molar-refractivity contribution in [1.29, 1.82) is 0 Å². The third-order valence-corrected chi connectivity index (χ3v) is 2.95. The Bertz CT molecular complexity index is 506. The van der Waals surface area contributed by atoms with Crippen LogP contribution in [0.5, 0.6) is 0 Å². The zero-order chi connectivity index (χ0) is 15.3. The first-order valence-corrected chi connectivity index (χ1v) is 6.71. The summed E-state index contributed by atoms with van der Waals surface area (Å²) in [6.45, 7) is 6.38. The minimum atomic E-state index is -0.503. The number of anilines is 1. The van der Waals surface area contributed by atoms with E-state index >= 15 is 0 Å². The van der Waals surface area contributed by atoms with Gasteiger partial charge in [-0.25, -0.2) is 0 Å². The van der Waals surface area contributed by atoms with E-state index in [1.807, 2.05) is 20.8 Å². The standard InChI is InChI=1S/C13H18ClN3O3/c1-4-16(8-13(18)15-9(2)3)12-6-5-10(17(19)20)7-11(12)14/h5-7,9H,4,8H2,1-3H3,(H,15,18). The monoisotopic (exact) mass is 299 g/mol. The summed E-state index contributed by atoms with van der Waals surface area (Å²) in [6.07, 6.45) is 0. The molecule has 6 nitrogen and oxygen atoms in total. The average molecular weight is 300 g/mol. The van der Waals surface area contributed by atoms with Crippen molar-refractivity contribution in [3.8, 4) is 0 Å². The van der Waals surface area contributed by atoms with Crippen LogP contribution in [0.3, 0.4) is 0 Å². The molecule has 0 heterocycles. The van der Waals surface area contributed by atoms with Crippen LogP contribution in [-0.2, 0) is 4.79 Å². The fourth-order valence-electron chi connectivity index (χ4n) is 1.77. The second-order valence-electron chi connectivity index (χ2n) is 4.63. The number of nitro groups is 1. The summed E-state index contributed by atoms with van der Waals surface area (Å²) >= 11 is 6.06. The molecule has 0 bridgehead atoms. The first-order valence-electron chi connectivity index (χ1n) is 6.33. The van der Waals surface area contributed by atoms with Gasteiger partial charge in [-0.1, -0.05) is 11.6 Å². The molecule has 0 atom stereocenters. The number of hydrogen-bond donors (Lipinski definition) is 1. The number of nitrogens with one attached hydrogen (secondary N) is 1. The number of amides is 1. The molecule has 0 radical (unpaired) electrons. The van der Waals surface area contributed by atoms with E-state index in [0.29, 0.717) is 12.2 Å². The molecule has 0 aliphatic carbocycles. The molecular formula is C13H18ClN3O3. The summed E-state index contributed by atoms with van der Waals surface area (Å²) in [5.74, 6) is -0.115. The molecule has 1 N–H and O–H groups in total. The number of nitro benzene ring substituents is 1. The van der Waals surface area contributed by atoms with E-state index in [0.717, 1.165) is 0 Å². The first kappa shape index (κ1) is 16.2. The van der Waals surface area contributed by atoms with Crippen molar-refractivity contribution >= 4 is 28.9 Å². The second-order valence-corrected chi connectivity index (χ2v) is 5.04. The van der Waals surface area contributed by atoms with E-state index in [-0.39, 0.29) is 29.2 Å². The zero-order valence-electron chi connectivity index (χ0n) is 11.7. The Kier molecular flexibility index (Phi) is 5.76. The van der Waals surface area contributed by atoms with Crippen LogP contribution in [0.25, 0.3) is 0 Å². The van der Waals surface area contributed by atoms with Gasteiger partial charge in [-0.3, -0.25) is 14.9 Å². The Morgan fingerprint density at radius 3 is 2.60 bits per heavy atom. The highest BCUT2D eigenvalue weighted by Gasteiger charge is 2.16. The number of carbonyl (C=O) groups is 1. The third-order valence-electron chi connectivity index (χ3n) is 2.65. The highest BCUT2D eigenvalue weighted by molar-refractivity contribution is 6.33. The van der Waals surface area contributed by atoms with Crippen LogP contribution < -0.4 is 10.2 Å². The molecule has 110 valence electrons. The highest BCUT2D eigenvalue weighted by Crippen LogP contribution is 2.29. The Morgan fingerprint density at radius 2 is 2.15 bits per heavy atom. The number of nitrogens with zero attached hydrogens (tertiary/aromatic N) is 2. The molecule has 0 spiro atoms. The smallest absolute Gasteiger partial charge is 0.271 e. The molecule has 7 heteroatoms. The summed E-state index contributed by atoms with van der Waals surface area (Å²) in [7, 11) is 0. The molecule has 1 rings (SSSR count). The number of likely N-dealkylation sites (N-methyl/N-ethyl adjacent to an activating group) is 1. The summed E-state index contributed by atoms with van der Waals surface area (Å²) in [5.41, 5.74) is 0.542. The van der Waals surface area contributed by atoms with Crippen molar-refractivity contribution in [3.63, 3.8) is 0 Å². The van der Waals surface area contributed by atoms with Gasteiger partial charge in [0.15, 0.2) is 0 Å². The van der Waals surface area contributed by atoms with Crippen LogP contribution in [0, 0.1) is 10.1 Å². The lowest BCUT2D eigenvalue weighted by Crippen LogP contribution is -2.40. The molecule has 1 aromatic carbocycles. The van der Waals surface area contributed by atoms with Gasteiger partial charge >= 0.3 is 0 Å². The molecule has 1 aromatic rings. The Balaban J connectivity index is 2.90. The molecular weight excluding hydrogens is 282 g/mol. The van der Waals surface area contributed by atoms with Gasteiger partial charge in [-0.15, -0.1) is 0 Å². The fourth-order valence-corrected chi connectivity index (χ4v) is 2.07. The van der Waals surface area contributed by atoms with E-state index in [4.69, 9.17) is 11.6 Å². The van der Waals surface area contributed by atoms with Crippen LogP contribution in [0.2, 0.25) is 5.02 Å². The summed E-state index contributed by atoms with van der Waals surface area (Å²) in [5, 5.41) is 13.7. The number of hydrogen-bond acceptors (Lipinski definition) is 4. The van der Waals surface area contributed by atoms with Crippen LogP contribution in [-0.4, -0.2) is 30.0 Å². The van der Waals surface area contributed by atoms with E-state index in [9.17, 15) is 14.9 Å². The van der Waals surface area contributed by atoms with Crippen molar-refractivity contribution < 1.29 is 9.72 Å². The summed E-state index contributed by atoms with van der Waals surface area (Å²) in [6, 6.07) is 4.30. The second kappa shape index (κ2) is 7.09. The minimum Gasteiger partial charge on any atom is -0.361 e. The molecule has 0 saturated heterocycles. The van der Waals surface area contributed by atoms with Gasteiger partial charge in [-0.05, 0) is 26.8 Å². The van der Waals surface area contributed by atoms with Crippen molar-refractivity contribution in [2.45, 2.75) is 26.8 Å². The SMILES string of the molecule is CCN(CC(=O)NC(C)C)c1ccc([N+](=O)[O-])cc1Cl. The van der Waals surface area contributed by atoms with Gasteiger partial charge in [0, 0.05) is 24.7 Å². The lowest BCUT2D eigenvalue weighted by atomic mass is 10.2. The highest BCUT2D eigenvalue weighted by atomic mass is 35.5. The number of carbonyl (C=O) groups excluding carboxylic acids is 1. The largest absolute Gasteiger partial charge is 0.361 e. The fraction of sp³-hybridized carbons (Fsp3) is 0.462. The first-order chi connectivity index (χ1) is 9.35. The Morgan fingerprint density at radius 1 is 1.50 bits per heavy atom. The van der Waals surface area contributed by atoms with Crippen molar-refractivity contribution in [2.24, 2.45) is 0 Å². The van der Waals surface area contributed by atoms with Gasteiger partial charge in [-0.2, -0.15) is 0 Å². The molecule has 0 aromatic heterocycles. The predicted molar refractivity (Wildman–Crippen MR) is 79.3 cm³/mol. The van der Waals surface area contributed by atoms with Crippen molar-refractivity contribution in [2.75, 3.05) is 18.0 Å². The zero-order valence-corrected chi connectivity index (χ0v) is 12.5. The van der Waals surface area contributed by atoms with Crippen LogP contribution in [0.15, 0.2) is 18.2 Å². The Hall–Kier alpha value is -1.82. The van der Waals surface area contributed by atoms with E-state index < -0.39 is 4.92 Å². The summed E-state index contributed by atoms with van der Waals surface area (Å²) < 4.78 is 0. The normalized spacial score (nSPS) is 10.4. The van der Waals surface area contributed by atoms with Crippen molar-refractivity contribution in [3.05, 3.63) is 33.3 Å². The van der Waals surface area contributed by atoms with E-state index in [2.05, 4.69) is 5.32 Å². The minimum absolute atomic E-state index is 0.0635. The number of halogens is 1. The van der Waals surface area contributed by atoms with Crippen LogP contribution >= 0.6 is 11.6 Å². The topological polar surface area (TPSA) is 75.5 Å². The molecule has 0 aliphatic heterocycles. The molecule has 1 amide bonds. The number of non-ortho nitro benzene ring substituents is 1. The lowest BCUT2D eigenvalue weighted by Gasteiger charge is -2.24. The average Bonchev–Trinajstić information content (AvgIpc) is 2.35. The maximum atomic E-state index is 11.8. The lowest BCUT2D eigenvalue weighted by molar-refractivity contribution is -0.384. The molecule has 0 fully saturated rings. The molecule has 0 unspecified atom stereocenters. The maximum absolute atomic E-state index is 11.8. The van der Waals surface area contributed by atoms with Gasteiger partial charge in [0.25, 0.3) is 5.69 Å². The van der Waals surface area contributed by atoms with Gasteiger partial charge in [0.2, 0.25) is 5.91 Å². The van der Waals surface area contributed by atoms with Gasteiger partial charge < -0.3 is 10.2 Å². The summed E-state index contributed by atoms with van der Waals surface area (Å²) in [4.78, 5) is 23.7. The molecule has 0 saturated carbocycles. The quantitative estimate of drug-likeness (QED) is 0.647. The number of rotatable bonds is 6. The van der Waals surface area contributed by atoms with E-state index in [1.165, 1.54) is 12.1 Å². The van der Waals surface area contributed by atoms with Crippen molar-refractivity contribution in [1.82, 2.24) is 5.32 Å². The van der Waals surface area contributed by atoms with Crippen LogP contribution in [0.1, 0.15) is 20.8 Å². The van der Waals surface area contributed by atoms with Gasteiger partial charge in [0.05, 0.1) is 22.2 Å². The van der Waals surface area contributed by atoms with Gasteiger partial charge in [0.1, 0.15) is 0 Å². The molecule has 0 aliphatic rings. The third kappa shape index (κ3) is 4.38. The Labute approximate surface area is 122 Å². The predicted octanol–water partition coefficient (Wildman–Crippen LogP) is 2.60. The molecule has 20 heavy (non-hydrogen) atoms. The number of benzene rings is 1. The van der Waals surface area contributed by atoms with E-state index in [1.54, 1.807) is 11.0 Å². The maximum Gasteiger partial charge on any atom is 0.271 e.